The van der Waals surface area contributed by atoms with Gasteiger partial charge in [0.15, 0.2) is 0 Å². The van der Waals surface area contributed by atoms with Crippen molar-refractivity contribution in [3.8, 4) is 11.3 Å². The van der Waals surface area contributed by atoms with Crippen molar-refractivity contribution in [1.82, 2.24) is 9.97 Å². The largest absolute Gasteiger partial charge is 0.462 e. The van der Waals surface area contributed by atoms with Crippen LogP contribution in [0.2, 0.25) is 0 Å². The predicted molar refractivity (Wildman–Crippen MR) is 82.5 cm³/mol. The first-order valence-electron chi connectivity index (χ1n) is 6.83. The van der Waals surface area contributed by atoms with Gasteiger partial charge in [-0.1, -0.05) is 30.3 Å². The van der Waals surface area contributed by atoms with E-state index < -0.39 is 0 Å². The highest BCUT2D eigenvalue weighted by Gasteiger charge is 2.21. The molecule has 0 radical (unpaired) electrons. The molecule has 0 unspecified atom stereocenters. The van der Waals surface area contributed by atoms with Crippen LogP contribution in [0.1, 0.15) is 23.0 Å². The van der Waals surface area contributed by atoms with Crippen molar-refractivity contribution < 1.29 is 9.53 Å². The van der Waals surface area contributed by atoms with Crippen LogP contribution in [-0.2, 0) is 4.74 Å². The number of esters is 1. The number of hydrogen-bond acceptors (Lipinski definition) is 5. The Labute approximate surface area is 124 Å². The molecular formula is C16H19N3O2. The summed E-state index contributed by atoms with van der Waals surface area (Å²) >= 11 is 0. The second-order valence-corrected chi connectivity index (χ2v) is 4.81. The lowest BCUT2D eigenvalue weighted by Crippen LogP contribution is -2.18. The van der Waals surface area contributed by atoms with Gasteiger partial charge in [-0.2, -0.15) is 0 Å². The molecule has 0 aliphatic carbocycles. The third-order valence-corrected chi connectivity index (χ3v) is 3.00. The van der Waals surface area contributed by atoms with E-state index in [0.29, 0.717) is 29.5 Å². The van der Waals surface area contributed by atoms with Crippen molar-refractivity contribution in [1.29, 1.82) is 0 Å². The summed E-state index contributed by atoms with van der Waals surface area (Å²) in [5.41, 5.74) is 2.51. The fourth-order valence-electron chi connectivity index (χ4n) is 2.01. The van der Waals surface area contributed by atoms with Crippen LogP contribution in [0.5, 0.6) is 0 Å². The monoisotopic (exact) mass is 285 g/mol. The Balaban J connectivity index is 2.65. The summed E-state index contributed by atoms with van der Waals surface area (Å²) in [4.78, 5) is 22.9. The van der Waals surface area contributed by atoms with Gasteiger partial charge in [0.1, 0.15) is 5.56 Å². The van der Waals surface area contributed by atoms with Gasteiger partial charge in [-0.25, -0.2) is 14.8 Å². The molecule has 0 fully saturated rings. The van der Waals surface area contributed by atoms with Crippen molar-refractivity contribution in [3.63, 3.8) is 0 Å². The molecule has 0 saturated heterocycles. The lowest BCUT2D eigenvalue weighted by Gasteiger charge is -2.16. The van der Waals surface area contributed by atoms with Crippen molar-refractivity contribution in [2.24, 2.45) is 0 Å². The first-order valence-corrected chi connectivity index (χ1v) is 6.83. The molecule has 0 bridgehead atoms. The molecule has 110 valence electrons. The maximum atomic E-state index is 12.2. The van der Waals surface area contributed by atoms with Gasteiger partial charge in [-0.3, -0.25) is 0 Å². The standard InChI is InChI=1S/C16H19N3O2/c1-5-21-15(20)13-11(2)17-16(19(3)4)18-14(13)12-9-7-6-8-10-12/h6-10H,5H2,1-4H3. The van der Waals surface area contributed by atoms with E-state index in [0.717, 1.165) is 5.56 Å². The zero-order valence-electron chi connectivity index (χ0n) is 12.8. The number of benzene rings is 1. The lowest BCUT2D eigenvalue weighted by molar-refractivity contribution is 0.0525. The van der Waals surface area contributed by atoms with E-state index >= 15 is 0 Å². The van der Waals surface area contributed by atoms with Crippen LogP contribution in [-0.4, -0.2) is 36.6 Å². The van der Waals surface area contributed by atoms with Gasteiger partial charge in [0.25, 0.3) is 0 Å². The molecular weight excluding hydrogens is 266 g/mol. The topological polar surface area (TPSA) is 55.3 Å². The van der Waals surface area contributed by atoms with Crippen LogP contribution < -0.4 is 4.90 Å². The summed E-state index contributed by atoms with van der Waals surface area (Å²) < 4.78 is 5.14. The minimum Gasteiger partial charge on any atom is -0.462 e. The molecule has 21 heavy (non-hydrogen) atoms. The molecule has 0 saturated carbocycles. The highest BCUT2D eigenvalue weighted by molar-refractivity contribution is 5.97. The van der Waals surface area contributed by atoms with E-state index in [4.69, 9.17) is 4.74 Å². The highest BCUT2D eigenvalue weighted by atomic mass is 16.5. The molecule has 0 aliphatic heterocycles. The summed E-state index contributed by atoms with van der Waals surface area (Å²) in [7, 11) is 3.74. The Morgan fingerprint density at radius 1 is 1.19 bits per heavy atom. The summed E-state index contributed by atoms with van der Waals surface area (Å²) in [5.74, 6) is 0.179. The van der Waals surface area contributed by atoms with E-state index in [-0.39, 0.29) is 5.97 Å². The third-order valence-electron chi connectivity index (χ3n) is 3.00. The average molecular weight is 285 g/mol. The molecule has 0 amide bonds. The first kappa shape index (κ1) is 15.0. The number of ether oxygens (including phenoxy) is 1. The van der Waals surface area contributed by atoms with Crippen LogP contribution in [0.4, 0.5) is 5.95 Å². The molecule has 1 aromatic heterocycles. The number of carbonyl (C=O) groups excluding carboxylic acids is 1. The van der Waals surface area contributed by atoms with E-state index in [1.165, 1.54) is 0 Å². The second-order valence-electron chi connectivity index (χ2n) is 4.81. The molecule has 0 aliphatic rings. The maximum Gasteiger partial charge on any atom is 0.342 e. The number of carbonyl (C=O) groups is 1. The van der Waals surface area contributed by atoms with Gasteiger partial charge >= 0.3 is 5.97 Å². The number of aromatic nitrogens is 2. The van der Waals surface area contributed by atoms with Gasteiger partial charge in [0.05, 0.1) is 18.0 Å². The number of hydrogen-bond donors (Lipinski definition) is 0. The van der Waals surface area contributed by atoms with Crippen LogP contribution in [0.3, 0.4) is 0 Å². The van der Waals surface area contributed by atoms with E-state index in [1.54, 1.807) is 13.8 Å². The quantitative estimate of drug-likeness (QED) is 0.808. The van der Waals surface area contributed by atoms with Crippen LogP contribution in [0, 0.1) is 6.92 Å². The Morgan fingerprint density at radius 2 is 1.86 bits per heavy atom. The van der Waals surface area contributed by atoms with Crippen molar-refractivity contribution in [2.45, 2.75) is 13.8 Å². The normalized spacial score (nSPS) is 10.3. The minimum atomic E-state index is -0.390. The van der Waals surface area contributed by atoms with Gasteiger partial charge in [0, 0.05) is 19.7 Å². The molecule has 0 N–H and O–H groups in total. The average Bonchev–Trinajstić information content (AvgIpc) is 2.47. The van der Waals surface area contributed by atoms with Crippen molar-refractivity contribution in [3.05, 3.63) is 41.6 Å². The van der Waals surface area contributed by atoms with E-state index in [2.05, 4.69) is 9.97 Å². The highest BCUT2D eigenvalue weighted by Crippen LogP contribution is 2.26. The Bertz CT molecular complexity index is 639. The fraction of sp³-hybridized carbons (Fsp3) is 0.312. The molecule has 2 aromatic rings. The summed E-state index contributed by atoms with van der Waals surface area (Å²) in [5, 5.41) is 0. The molecule has 1 aromatic carbocycles. The number of anilines is 1. The smallest absolute Gasteiger partial charge is 0.342 e. The number of aryl methyl sites for hydroxylation is 1. The van der Waals surface area contributed by atoms with Crippen LogP contribution >= 0.6 is 0 Å². The van der Waals surface area contributed by atoms with Gasteiger partial charge in [0.2, 0.25) is 5.95 Å². The lowest BCUT2D eigenvalue weighted by atomic mass is 10.0. The molecule has 2 rings (SSSR count). The summed E-state index contributed by atoms with van der Waals surface area (Å²) in [6, 6.07) is 9.59. The Hall–Kier alpha value is -2.43. The minimum absolute atomic E-state index is 0.321. The molecule has 0 spiro atoms. The Morgan fingerprint density at radius 3 is 2.43 bits per heavy atom. The number of rotatable bonds is 4. The van der Waals surface area contributed by atoms with Gasteiger partial charge in [-0.15, -0.1) is 0 Å². The number of nitrogens with zero attached hydrogens (tertiary/aromatic N) is 3. The van der Waals surface area contributed by atoms with Crippen molar-refractivity contribution >= 4 is 11.9 Å². The van der Waals surface area contributed by atoms with Crippen molar-refractivity contribution in [2.75, 3.05) is 25.6 Å². The van der Waals surface area contributed by atoms with E-state index in [9.17, 15) is 4.79 Å². The molecule has 5 nitrogen and oxygen atoms in total. The molecule has 5 heteroatoms. The first-order chi connectivity index (χ1) is 10.0. The predicted octanol–water partition coefficient (Wildman–Crippen LogP) is 2.69. The van der Waals surface area contributed by atoms with Crippen LogP contribution in [0.25, 0.3) is 11.3 Å². The zero-order valence-corrected chi connectivity index (χ0v) is 12.8. The fourth-order valence-corrected chi connectivity index (χ4v) is 2.01. The Kier molecular flexibility index (Phi) is 4.52. The van der Waals surface area contributed by atoms with Crippen LogP contribution in [0.15, 0.2) is 30.3 Å². The second kappa shape index (κ2) is 6.35. The summed E-state index contributed by atoms with van der Waals surface area (Å²) in [6.45, 7) is 3.90. The third kappa shape index (κ3) is 3.18. The van der Waals surface area contributed by atoms with E-state index in [1.807, 2.05) is 49.3 Å². The molecule has 0 atom stereocenters. The van der Waals surface area contributed by atoms with Gasteiger partial charge < -0.3 is 9.64 Å². The molecule has 1 heterocycles. The maximum absolute atomic E-state index is 12.2. The van der Waals surface area contributed by atoms with Gasteiger partial charge in [-0.05, 0) is 13.8 Å². The zero-order chi connectivity index (χ0) is 15.4. The SMILES string of the molecule is CCOC(=O)c1c(C)nc(N(C)C)nc1-c1ccccc1. The summed E-state index contributed by atoms with van der Waals surface area (Å²) in [6.07, 6.45) is 0.